The van der Waals surface area contributed by atoms with Crippen molar-refractivity contribution in [1.29, 1.82) is 0 Å². The first-order valence-electron chi connectivity index (χ1n) is 5.02. The Morgan fingerprint density at radius 2 is 1.94 bits per heavy atom. The molecule has 1 aromatic carbocycles. The molecule has 4 nitrogen and oxygen atoms in total. The fourth-order valence-corrected chi connectivity index (χ4v) is 1.48. The third-order valence-corrected chi connectivity index (χ3v) is 2.52. The Labute approximate surface area is 104 Å². The molecule has 0 saturated heterocycles. The molecule has 0 spiro atoms. The Balaban J connectivity index is 2.08. The van der Waals surface area contributed by atoms with Crippen molar-refractivity contribution in [2.75, 3.05) is 5.32 Å². The lowest BCUT2D eigenvalue weighted by Crippen LogP contribution is -2.12. The first-order chi connectivity index (χ1) is 8.29. The lowest BCUT2D eigenvalue weighted by Gasteiger charge is -2.05. The number of halogens is 1. The number of aromatic nitrogens is 2. The smallest absolute Gasteiger partial charge is 0.257 e. The van der Waals surface area contributed by atoms with Crippen LogP contribution in [0, 0.1) is 0 Å². The predicted molar refractivity (Wildman–Crippen MR) is 66.0 cm³/mol. The Hall–Kier alpha value is -1.94. The van der Waals surface area contributed by atoms with Gasteiger partial charge in [0.25, 0.3) is 5.91 Å². The maximum absolute atomic E-state index is 11.8. The van der Waals surface area contributed by atoms with Gasteiger partial charge in [0.15, 0.2) is 0 Å². The Morgan fingerprint density at radius 1 is 1.18 bits per heavy atom. The molecule has 0 aliphatic carbocycles. The molecule has 0 aliphatic rings. The molecular formula is C12H10ClN3O. The van der Waals surface area contributed by atoms with E-state index in [2.05, 4.69) is 15.5 Å². The Morgan fingerprint density at radius 3 is 2.53 bits per heavy atom. The van der Waals surface area contributed by atoms with Crippen LogP contribution in [0.3, 0.4) is 0 Å². The van der Waals surface area contributed by atoms with Crippen molar-refractivity contribution < 1.29 is 4.79 Å². The van der Waals surface area contributed by atoms with Crippen LogP contribution in [0.2, 0.25) is 0 Å². The van der Waals surface area contributed by atoms with Crippen LogP contribution in [0.15, 0.2) is 42.7 Å². The third-order valence-electron chi connectivity index (χ3n) is 2.21. The summed E-state index contributed by atoms with van der Waals surface area (Å²) < 4.78 is 0. The van der Waals surface area contributed by atoms with Crippen molar-refractivity contribution in [2.45, 2.75) is 5.88 Å². The predicted octanol–water partition coefficient (Wildman–Crippen LogP) is 2.47. The van der Waals surface area contributed by atoms with Crippen molar-refractivity contribution in [3.63, 3.8) is 0 Å². The summed E-state index contributed by atoms with van der Waals surface area (Å²) in [6, 6.07) is 8.96. The largest absolute Gasteiger partial charge is 0.322 e. The molecule has 0 fully saturated rings. The zero-order chi connectivity index (χ0) is 12.1. The summed E-state index contributed by atoms with van der Waals surface area (Å²) in [6.45, 7) is 0. The van der Waals surface area contributed by atoms with Crippen molar-refractivity contribution in [2.24, 2.45) is 0 Å². The van der Waals surface area contributed by atoms with Crippen molar-refractivity contribution >= 4 is 23.2 Å². The molecule has 2 rings (SSSR count). The van der Waals surface area contributed by atoms with E-state index in [0.29, 0.717) is 11.4 Å². The monoisotopic (exact) mass is 247 g/mol. The molecule has 0 aliphatic heterocycles. The number of alkyl halides is 1. The standard InChI is InChI=1S/C12H10ClN3O/c13-7-9-1-3-11(4-2-9)16-12(17)10-5-6-14-15-8-10/h1-6,8H,7H2,(H,16,17). The minimum absolute atomic E-state index is 0.210. The number of benzene rings is 1. The number of nitrogens with zero attached hydrogens (tertiary/aromatic N) is 2. The minimum atomic E-state index is -0.210. The van der Waals surface area contributed by atoms with Crippen LogP contribution in [0.5, 0.6) is 0 Å². The van der Waals surface area contributed by atoms with Gasteiger partial charge in [0.2, 0.25) is 0 Å². The number of rotatable bonds is 3. The highest BCUT2D eigenvalue weighted by Gasteiger charge is 2.05. The van der Waals surface area contributed by atoms with E-state index in [0.717, 1.165) is 11.3 Å². The molecule has 86 valence electrons. The van der Waals surface area contributed by atoms with Gasteiger partial charge < -0.3 is 5.32 Å². The highest BCUT2D eigenvalue weighted by Crippen LogP contribution is 2.12. The second-order valence-electron chi connectivity index (χ2n) is 3.42. The number of anilines is 1. The number of hydrogen-bond acceptors (Lipinski definition) is 3. The van der Waals surface area contributed by atoms with Gasteiger partial charge in [-0.1, -0.05) is 12.1 Å². The SMILES string of the molecule is O=C(Nc1ccc(CCl)cc1)c1ccnnc1. The normalized spacial score (nSPS) is 9.94. The summed E-state index contributed by atoms with van der Waals surface area (Å²) in [5.74, 6) is 0.251. The molecule has 5 heteroatoms. The zero-order valence-electron chi connectivity index (χ0n) is 8.93. The fraction of sp³-hybridized carbons (Fsp3) is 0.0833. The van der Waals surface area contributed by atoms with Crippen LogP contribution in [0.4, 0.5) is 5.69 Å². The van der Waals surface area contributed by atoms with Gasteiger partial charge in [-0.2, -0.15) is 10.2 Å². The summed E-state index contributed by atoms with van der Waals surface area (Å²) >= 11 is 5.68. The van der Waals surface area contributed by atoms with Gasteiger partial charge in [-0.3, -0.25) is 4.79 Å². The minimum Gasteiger partial charge on any atom is -0.322 e. The van der Waals surface area contributed by atoms with Crippen LogP contribution in [-0.2, 0) is 5.88 Å². The lowest BCUT2D eigenvalue weighted by molar-refractivity contribution is 0.102. The van der Waals surface area contributed by atoms with Crippen LogP contribution < -0.4 is 5.32 Å². The first kappa shape index (κ1) is 11.5. The number of nitrogens with one attached hydrogen (secondary N) is 1. The molecule has 0 radical (unpaired) electrons. The van der Waals surface area contributed by atoms with Crippen LogP contribution in [-0.4, -0.2) is 16.1 Å². The van der Waals surface area contributed by atoms with Crippen molar-refractivity contribution in [3.05, 3.63) is 53.9 Å². The maximum Gasteiger partial charge on any atom is 0.257 e. The average molecular weight is 248 g/mol. The van der Waals surface area contributed by atoms with Gasteiger partial charge in [-0.15, -0.1) is 11.6 Å². The number of amides is 1. The van der Waals surface area contributed by atoms with Crippen LogP contribution in [0.1, 0.15) is 15.9 Å². The Kier molecular flexibility index (Phi) is 3.67. The highest BCUT2D eigenvalue weighted by molar-refractivity contribution is 6.17. The zero-order valence-corrected chi connectivity index (χ0v) is 9.69. The van der Waals surface area contributed by atoms with Gasteiger partial charge in [0.1, 0.15) is 0 Å². The molecule has 0 bridgehead atoms. The van der Waals surface area contributed by atoms with E-state index in [1.165, 1.54) is 12.4 Å². The van der Waals surface area contributed by atoms with E-state index >= 15 is 0 Å². The second kappa shape index (κ2) is 5.41. The van der Waals surface area contributed by atoms with Gasteiger partial charge in [0, 0.05) is 11.6 Å². The van der Waals surface area contributed by atoms with Gasteiger partial charge in [-0.25, -0.2) is 0 Å². The van der Waals surface area contributed by atoms with Crippen LogP contribution in [0.25, 0.3) is 0 Å². The maximum atomic E-state index is 11.8. The molecule has 17 heavy (non-hydrogen) atoms. The molecule has 1 N–H and O–H groups in total. The third kappa shape index (κ3) is 3.01. The topological polar surface area (TPSA) is 54.9 Å². The van der Waals surface area contributed by atoms with Gasteiger partial charge in [0.05, 0.1) is 18.0 Å². The van der Waals surface area contributed by atoms with E-state index in [9.17, 15) is 4.79 Å². The molecule has 1 amide bonds. The fourth-order valence-electron chi connectivity index (χ4n) is 1.31. The molecular weight excluding hydrogens is 238 g/mol. The Bertz CT molecular complexity index is 499. The average Bonchev–Trinajstić information content (AvgIpc) is 2.40. The number of carbonyl (C=O) groups is 1. The summed E-state index contributed by atoms with van der Waals surface area (Å²) in [5, 5.41) is 10.0. The first-order valence-corrected chi connectivity index (χ1v) is 5.56. The van der Waals surface area contributed by atoms with Gasteiger partial charge in [-0.05, 0) is 23.8 Å². The summed E-state index contributed by atoms with van der Waals surface area (Å²) in [6.07, 6.45) is 2.90. The van der Waals surface area contributed by atoms with Gasteiger partial charge >= 0.3 is 0 Å². The van der Waals surface area contributed by atoms with E-state index in [4.69, 9.17) is 11.6 Å². The van der Waals surface area contributed by atoms with E-state index in [1.54, 1.807) is 6.07 Å². The summed E-state index contributed by atoms with van der Waals surface area (Å²) in [7, 11) is 0. The summed E-state index contributed by atoms with van der Waals surface area (Å²) in [4.78, 5) is 11.8. The van der Waals surface area contributed by atoms with Crippen molar-refractivity contribution in [1.82, 2.24) is 10.2 Å². The van der Waals surface area contributed by atoms with E-state index < -0.39 is 0 Å². The molecule has 0 saturated carbocycles. The molecule has 1 aromatic heterocycles. The quantitative estimate of drug-likeness (QED) is 0.848. The molecule has 0 unspecified atom stereocenters. The van der Waals surface area contributed by atoms with Crippen LogP contribution >= 0.6 is 11.6 Å². The highest BCUT2D eigenvalue weighted by atomic mass is 35.5. The second-order valence-corrected chi connectivity index (χ2v) is 3.68. The number of hydrogen-bond donors (Lipinski definition) is 1. The van der Waals surface area contributed by atoms with Crippen molar-refractivity contribution in [3.8, 4) is 0 Å². The number of carbonyl (C=O) groups excluding carboxylic acids is 1. The van der Waals surface area contributed by atoms with E-state index in [1.807, 2.05) is 24.3 Å². The van der Waals surface area contributed by atoms with E-state index in [-0.39, 0.29) is 5.91 Å². The molecule has 0 atom stereocenters. The summed E-state index contributed by atoms with van der Waals surface area (Å²) in [5.41, 5.74) is 2.21. The molecule has 2 aromatic rings. The lowest BCUT2D eigenvalue weighted by atomic mass is 10.2. The molecule has 1 heterocycles.